The number of fused-ring (bicyclic) bond motifs is 1. The molecule has 28 heavy (non-hydrogen) atoms. The molecule has 1 heterocycles. The van der Waals surface area contributed by atoms with Crippen molar-refractivity contribution in [2.24, 2.45) is 0 Å². The number of halogens is 1. The van der Waals surface area contributed by atoms with E-state index in [1.54, 1.807) is 0 Å². The smallest absolute Gasteiger partial charge is 0.339 e. The summed E-state index contributed by atoms with van der Waals surface area (Å²) < 4.78 is 6.06. The van der Waals surface area contributed by atoms with Crippen LogP contribution in [0.25, 0.3) is 0 Å². The Morgan fingerprint density at radius 3 is 2.29 bits per heavy atom. The summed E-state index contributed by atoms with van der Waals surface area (Å²) in [6.45, 7) is 2.00. The minimum absolute atomic E-state index is 0.184. The number of ether oxygens (including phenoxy) is 1. The average Bonchev–Trinajstić information content (AvgIpc) is 2.95. The zero-order chi connectivity index (χ0) is 19.9. The minimum Gasteiger partial charge on any atom is -0.450 e. The summed E-state index contributed by atoms with van der Waals surface area (Å²) in [5.41, 5.74) is 3.95. The van der Waals surface area contributed by atoms with Gasteiger partial charge in [-0.2, -0.15) is 0 Å². The molecule has 142 valence electrons. The van der Waals surface area contributed by atoms with Crippen molar-refractivity contribution in [3.8, 4) is 0 Å². The largest absolute Gasteiger partial charge is 0.450 e. The average molecular weight is 392 g/mol. The number of hydrogen-bond donors (Lipinski definition) is 0. The van der Waals surface area contributed by atoms with Gasteiger partial charge >= 0.3 is 5.97 Å². The van der Waals surface area contributed by atoms with Gasteiger partial charge in [0.2, 0.25) is 0 Å². The van der Waals surface area contributed by atoms with E-state index in [2.05, 4.69) is 17.0 Å². The molecule has 0 spiro atoms. The normalized spacial score (nSPS) is 19.1. The van der Waals surface area contributed by atoms with Gasteiger partial charge in [-0.3, -0.25) is 0 Å². The maximum absolute atomic E-state index is 12.7. The van der Waals surface area contributed by atoms with Crippen LogP contribution in [0, 0.1) is 0 Å². The predicted molar refractivity (Wildman–Crippen MR) is 113 cm³/mol. The molecule has 3 aromatic rings. The number of nitrogens with zero attached hydrogens (tertiary/aromatic N) is 1. The molecular weight excluding hydrogens is 370 g/mol. The van der Waals surface area contributed by atoms with E-state index in [4.69, 9.17) is 16.3 Å². The summed E-state index contributed by atoms with van der Waals surface area (Å²) in [6, 6.07) is 23.7. The van der Waals surface area contributed by atoms with Crippen molar-refractivity contribution in [3.63, 3.8) is 0 Å². The minimum atomic E-state index is -0.826. The Labute approximate surface area is 170 Å². The SMILES string of the molecule is CN(C)c1ccccc1[C@H](c1ccc(Cl)cc1)[C@]1(C)OC(=O)c2ccccc21. The summed E-state index contributed by atoms with van der Waals surface area (Å²) in [7, 11) is 4.05. The third-order valence-corrected chi connectivity index (χ3v) is 5.72. The molecule has 0 radical (unpaired) electrons. The van der Waals surface area contributed by atoms with Gasteiger partial charge < -0.3 is 9.64 Å². The Morgan fingerprint density at radius 1 is 0.929 bits per heavy atom. The molecule has 0 aromatic heterocycles. The van der Waals surface area contributed by atoms with Gasteiger partial charge in [0, 0.05) is 30.4 Å². The molecule has 3 aromatic carbocycles. The van der Waals surface area contributed by atoms with Gasteiger partial charge in [0.05, 0.1) is 11.5 Å². The van der Waals surface area contributed by atoms with Crippen LogP contribution in [-0.2, 0) is 10.3 Å². The van der Waals surface area contributed by atoms with E-state index >= 15 is 0 Å². The fourth-order valence-corrected chi connectivity index (χ4v) is 4.33. The number of carbonyl (C=O) groups is 1. The van der Waals surface area contributed by atoms with Gasteiger partial charge in [-0.25, -0.2) is 4.79 Å². The van der Waals surface area contributed by atoms with Gasteiger partial charge in [0.1, 0.15) is 5.60 Å². The van der Waals surface area contributed by atoms with Crippen molar-refractivity contribution in [3.05, 3.63) is 100 Å². The molecule has 0 aliphatic carbocycles. The molecule has 0 saturated carbocycles. The van der Waals surface area contributed by atoms with Crippen LogP contribution in [0.5, 0.6) is 0 Å². The summed E-state index contributed by atoms with van der Waals surface area (Å²) >= 11 is 6.15. The Bertz CT molecular complexity index is 1030. The molecule has 0 fully saturated rings. The van der Waals surface area contributed by atoms with Gasteiger partial charge in [0.25, 0.3) is 0 Å². The summed E-state index contributed by atoms with van der Waals surface area (Å²) in [5.74, 6) is -0.463. The lowest BCUT2D eigenvalue weighted by molar-refractivity contribution is -0.00694. The molecular formula is C24H22ClNO2. The predicted octanol–water partition coefficient (Wildman–Crippen LogP) is 5.62. The van der Waals surface area contributed by atoms with E-state index < -0.39 is 5.60 Å². The van der Waals surface area contributed by atoms with Crippen molar-refractivity contribution in [2.75, 3.05) is 19.0 Å². The molecule has 3 nitrogen and oxygen atoms in total. The van der Waals surface area contributed by atoms with Gasteiger partial charge in [-0.05, 0) is 42.3 Å². The van der Waals surface area contributed by atoms with Crippen molar-refractivity contribution >= 4 is 23.3 Å². The Balaban J connectivity index is 1.98. The maximum atomic E-state index is 12.7. The van der Waals surface area contributed by atoms with Crippen molar-refractivity contribution in [1.82, 2.24) is 0 Å². The van der Waals surface area contributed by atoms with Crippen molar-refractivity contribution in [2.45, 2.75) is 18.4 Å². The lowest BCUT2D eigenvalue weighted by Crippen LogP contribution is -2.32. The van der Waals surface area contributed by atoms with Crippen LogP contribution in [0.15, 0.2) is 72.8 Å². The highest BCUT2D eigenvalue weighted by atomic mass is 35.5. The molecule has 0 unspecified atom stereocenters. The highest BCUT2D eigenvalue weighted by Gasteiger charge is 2.49. The van der Waals surface area contributed by atoms with Crippen LogP contribution in [0.1, 0.15) is 39.9 Å². The van der Waals surface area contributed by atoms with Crippen LogP contribution in [0.2, 0.25) is 5.02 Å². The molecule has 2 atom stereocenters. The molecule has 4 heteroatoms. The summed E-state index contributed by atoms with van der Waals surface area (Å²) in [5, 5.41) is 0.678. The quantitative estimate of drug-likeness (QED) is 0.540. The van der Waals surface area contributed by atoms with Crippen LogP contribution in [-0.4, -0.2) is 20.1 Å². The number of para-hydroxylation sites is 1. The lowest BCUT2D eigenvalue weighted by atomic mass is 9.74. The second-order valence-electron chi connectivity index (χ2n) is 7.48. The first-order valence-electron chi connectivity index (χ1n) is 9.26. The molecule has 1 aliphatic heterocycles. The van der Waals surface area contributed by atoms with Crippen LogP contribution >= 0.6 is 11.6 Å². The fraction of sp³-hybridized carbons (Fsp3) is 0.208. The monoisotopic (exact) mass is 391 g/mol. The van der Waals surface area contributed by atoms with Gasteiger partial charge in [-0.1, -0.05) is 60.1 Å². The maximum Gasteiger partial charge on any atom is 0.339 e. The molecule has 1 aliphatic rings. The standard InChI is InChI=1S/C24H22ClNO2/c1-24(20-10-6-4-8-18(20)23(27)28-24)22(16-12-14-17(25)15-13-16)19-9-5-7-11-21(19)26(2)3/h4-15,22H,1-3H3/t22-,24+/m0/s1. The summed E-state index contributed by atoms with van der Waals surface area (Å²) in [6.07, 6.45) is 0. The van der Waals surface area contributed by atoms with E-state index in [1.165, 1.54) is 0 Å². The second kappa shape index (κ2) is 6.99. The Morgan fingerprint density at radius 2 is 1.57 bits per heavy atom. The lowest BCUT2D eigenvalue weighted by Gasteiger charge is -2.36. The molecule has 0 bridgehead atoms. The van der Waals surface area contributed by atoms with Crippen molar-refractivity contribution in [1.29, 1.82) is 0 Å². The van der Waals surface area contributed by atoms with Crippen LogP contribution in [0.3, 0.4) is 0 Å². The first kappa shape index (κ1) is 18.6. The number of cyclic esters (lactones) is 1. The number of carbonyl (C=O) groups excluding carboxylic acids is 1. The van der Waals surface area contributed by atoms with Gasteiger partial charge in [-0.15, -0.1) is 0 Å². The van der Waals surface area contributed by atoms with Crippen LogP contribution < -0.4 is 4.90 Å². The highest BCUT2D eigenvalue weighted by molar-refractivity contribution is 6.30. The number of rotatable bonds is 4. The highest BCUT2D eigenvalue weighted by Crippen LogP contribution is 2.51. The number of anilines is 1. The summed E-state index contributed by atoms with van der Waals surface area (Å²) in [4.78, 5) is 14.8. The number of hydrogen-bond acceptors (Lipinski definition) is 3. The Hall–Kier alpha value is -2.78. The zero-order valence-electron chi connectivity index (χ0n) is 16.1. The fourth-order valence-electron chi connectivity index (χ4n) is 4.20. The molecule has 4 rings (SSSR count). The zero-order valence-corrected chi connectivity index (χ0v) is 16.9. The molecule has 0 N–H and O–H groups in total. The Kier molecular flexibility index (Phi) is 4.64. The topological polar surface area (TPSA) is 29.5 Å². The van der Waals surface area contributed by atoms with E-state index in [0.29, 0.717) is 10.6 Å². The number of esters is 1. The van der Waals surface area contributed by atoms with Crippen LogP contribution in [0.4, 0.5) is 5.69 Å². The van der Waals surface area contributed by atoms with Crippen molar-refractivity contribution < 1.29 is 9.53 Å². The van der Waals surface area contributed by atoms with E-state index in [0.717, 1.165) is 22.4 Å². The van der Waals surface area contributed by atoms with E-state index in [1.807, 2.05) is 81.7 Å². The van der Waals surface area contributed by atoms with E-state index in [9.17, 15) is 4.79 Å². The second-order valence-corrected chi connectivity index (χ2v) is 7.92. The number of benzene rings is 3. The molecule has 0 saturated heterocycles. The van der Waals surface area contributed by atoms with E-state index in [-0.39, 0.29) is 11.9 Å². The van der Waals surface area contributed by atoms with Gasteiger partial charge in [0.15, 0.2) is 0 Å². The third-order valence-electron chi connectivity index (χ3n) is 5.47. The third kappa shape index (κ3) is 2.96. The first-order valence-corrected chi connectivity index (χ1v) is 9.64. The first-order chi connectivity index (χ1) is 13.4. The molecule has 0 amide bonds.